The van der Waals surface area contributed by atoms with E-state index in [2.05, 4.69) is 10.2 Å². The van der Waals surface area contributed by atoms with Gasteiger partial charge in [-0.3, -0.25) is 14.5 Å². The van der Waals surface area contributed by atoms with Crippen LogP contribution in [0.5, 0.6) is 0 Å². The van der Waals surface area contributed by atoms with Crippen molar-refractivity contribution in [3.05, 3.63) is 35.9 Å². The molecule has 1 N–H and O–H groups in total. The Hall–Kier alpha value is -1.92. The first-order chi connectivity index (χ1) is 12.2. The second-order valence-electron chi connectivity index (χ2n) is 7.22. The Bertz CT molecular complexity index is 632. The van der Waals surface area contributed by atoms with E-state index in [-0.39, 0.29) is 18.4 Å². The lowest BCUT2D eigenvalue weighted by Crippen LogP contribution is -2.63. The molecule has 1 aromatic carbocycles. The molecule has 2 atom stereocenters. The van der Waals surface area contributed by atoms with Gasteiger partial charge in [0, 0.05) is 31.2 Å². The van der Waals surface area contributed by atoms with Gasteiger partial charge in [-0.15, -0.1) is 0 Å². The maximum atomic E-state index is 12.5. The van der Waals surface area contributed by atoms with E-state index < -0.39 is 0 Å². The second kappa shape index (κ2) is 7.14. The van der Waals surface area contributed by atoms with E-state index in [9.17, 15) is 9.59 Å². The Morgan fingerprint density at radius 3 is 2.68 bits per heavy atom. The van der Waals surface area contributed by atoms with E-state index in [1.807, 2.05) is 23.1 Å². The summed E-state index contributed by atoms with van der Waals surface area (Å²) in [5.74, 6) is 0.565. The lowest BCUT2D eigenvalue weighted by molar-refractivity contribution is -0.139. The van der Waals surface area contributed by atoms with Gasteiger partial charge in [0.1, 0.15) is 0 Å². The third-order valence-electron chi connectivity index (χ3n) is 5.51. The molecule has 3 aliphatic rings. The number of hydrogen-bond donors (Lipinski definition) is 1. The average molecular weight is 343 g/mol. The summed E-state index contributed by atoms with van der Waals surface area (Å²) >= 11 is 0. The molecule has 4 rings (SSSR count). The molecule has 134 valence electrons. The highest BCUT2D eigenvalue weighted by Gasteiger charge is 2.43. The van der Waals surface area contributed by atoms with Gasteiger partial charge in [0.15, 0.2) is 0 Å². The number of benzene rings is 1. The van der Waals surface area contributed by atoms with Crippen molar-refractivity contribution in [3.63, 3.8) is 0 Å². The van der Waals surface area contributed by atoms with Gasteiger partial charge in [-0.05, 0) is 30.9 Å². The molecule has 2 heterocycles. The molecule has 0 unspecified atom stereocenters. The summed E-state index contributed by atoms with van der Waals surface area (Å²) in [5, 5.41) is 2.73. The molecule has 6 heteroatoms. The Morgan fingerprint density at radius 1 is 1.12 bits per heavy atom. The number of nitrogens with zero attached hydrogens (tertiary/aromatic N) is 2. The molecule has 2 saturated heterocycles. The summed E-state index contributed by atoms with van der Waals surface area (Å²) in [6.45, 7) is 3.93. The zero-order valence-corrected chi connectivity index (χ0v) is 14.4. The Labute approximate surface area is 148 Å². The number of piperazine rings is 1. The van der Waals surface area contributed by atoms with Crippen molar-refractivity contribution in [2.45, 2.75) is 24.9 Å². The zero-order valence-electron chi connectivity index (χ0n) is 14.4. The van der Waals surface area contributed by atoms with Gasteiger partial charge in [-0.1, -0.05) is 18.2 Å². The molecule has 0 spiro atoms. The molecule has 1 saturated carbocycles. The van der Waals surface area contributed by atoms with Crippen molar-refractivity contribution in [1.82, 2.24) is 15.1 Å². The van der Waals surface area contributed by atoms with Gasteiger partial charge in [0.25, 0.3) is 5.91 Å². The molecular weight excluding hydrogens is 318 g/mol. The molecule has 2 amide bonds. The number of fused-ring (bicyclic) bond motifs is 1. The van der Waals surface area contributed by atoms with Crippen molar-refractivity contribution in [2.24, 2.45) is 5.92 Å². The smallest absolute Gasteiger partial charge is 0.251 e. The molecule has 2 aliphatic heterocycles. The van der Waals surface area contributed by atoms with E-state index in [0.29, 0.717) is 30.8 Å². The van der Waals surface area contributed by atoms with Crippen molar-refractivity contribution in [1.29, 1.82) is 0 Å². The van der Waals surface area contributed by atoms with Crippen LogP contribution in [0, 0.1) is 5.92 Å². The summed E-state index contributed by atoms with van der Waals surface area (Å²) in [5.41, 5.74) is 0.577. The van der Waals surface area contributed by atoms with Gasteiger partial charge < -0.3 is 15.0 Å². The number of nitrogens with one attached hydrogen (secondary N) is 1. The number of hydrogen-bond acceptors (Lipinski definition) is 4. The van der Waals surface area contributed by atoms with Crippen LogP contribution in [0.15, 0.2) is 30.3 Å². The SMILES string of the molecule is O=C(NCC(=O)N1CCN2[C@@H](COC[C@@H]2C2CC2)C1)c1ccccc1. The van der Waals surface area contributed by atoms with Crippen LogP contribution in [0.3, 0.4) is 0 Å². The number of carbonyl (C=O) groups excluding carboxylic acids is 2. The van der Waals surface area contributed by atoms with Crippen molar-refractivity contribution in [3.8, 4) is 0 Å². The predicted molar refractivity (Wildman–Crippen MR) is 93.2 cm³/mol. The molecule has 3 fully saturated rings. The fourth-order valence-corrected chi connectivity index (χ4v) is 3.95. The maximum Gasteiger partial charge on any atom is 0.251 e. The minimum atomic E-state index is -0.206. The standard InChI is InChI=1S/C19H25N3O3/c23-18(10-20-19(24)15-4-2-1-3-5-15)21-8-9-22-16(11-21)12-25-13-17(22)14-6-7-14/h1-5,14,16-17H,6-13H2,(H,20,24)/t16-,17-/m1/s1. The average Bonchev–Trinajstić information content (AvgIpc) is 3.50. The Kier molecular flexibility index (Phi) is 4.72. The molecule has 0 bridgehead atoms. The normalized spacial score (nSPS) is 26.8. The first-order valence-electron chi connectivity index (χ1n) is 9.17. The highest BCUT2D eigenvalue weighted by molar-refractivity contribution is 5.96. The zero-order chi connectivity index (χ0) is 17.2. The maximum absolute atomic E-state index is 12.5. The molecular formula is C19H25N3O3. The molecule has 1 aromatic rings. The number of carbonyl (C=O) groups is 2. The Morgan fingerprint density at radius 2 is 1.92 bits per heavy atom. The monoisotopic (exact) mass is 343 g/mol. The summed E-state index contributed by atoms with van der Waals surface area (Å²) in [7, 11) is 0. The molecule has 6 nitrogen and oxygen atoms in total. The highest BCUT2D eigenvalue weighted by Crippen LogP contribution is 2.38. The van der Waals surface area contributed by atoms with Crippen LogP contribution in [0.4, 0.5) is 0 Å². The molecule has 1 aliphatic carbocycles. The lowest BCUT2D eigenvalue weighted by atomic mass is 10.0. The minimum absolute atomic E-state index is 0.0162. The second-order valence-corrected chi connectivity index (χ2v) is 7.22. The lowest BCUT2D eigenvalue weighted by Gasteiger charge is -2.48. The van der Waals surface area contributed by atoms with E-state index in [4.69, 9.17) is 4.74 Å². The van der Waals surface area contributed by atoms with Gasteiger partial charge in [-0.2, -0.15) is 0 Å². The number of ether oxygens (including phenoxy) is 1. The fourth-order valence-electron chi connectivity index (χ4n) is 3.95. The third kappa shape index (κ3) is 3.70. The number of amides is 2. The number of morpholine rings is 1. The van der Waals surface area contributed by atoms with E-state index in [1.54, 1.807) is 12.1 Å². The van der Waals surface area contributed by atoms with Crippen LogP contribution in [0.25, 0.3) is 0 Å². The summed E-state index contributed by atoms with van der Waals surface area (Å²) < 4.78 is 5.79. The van der Waals surface area contributed by atoms with Gasteiger partial charge in [0.2, 0.25) is 5.91 Å². The summed E-state index contributed by atoms with van der Waals surface area (Å²) in [6, 6.07) is 9.81. The molecule has 0 aromatic heterocycles. The van der Waals surface area contributed by atoms with Crippen molar-refractivity contribution >= 4 is 11.8 Å². The van der Waals surface area contributed by atoms with Crippen LogP contribution in [0.2, 0.25) is 0 Å². The van der Waals surface area contributed by atoms with Crippen LogP contribution in [0.1, 0.15) is 23.2 Å². The van der Waals surface area contributed by atoms with E-state index in [0.717, 1.165) is 25.6 Å². The van der Waals surface area contributed by atoms with Crippen molar-refractivity contribution in [2.75, 3.05) is 39.4 Å². The molecule has 25 heavy (non-hydrogen) atoms. The first-order valence-corrected chi connectivity index (χ1v) is 9.17. The van der Waals surface area contributed by atoms with E-state index >= 15 is 0 Å². The van der Waals surface area contributed by atoms with Gasteiger partial charge >= 0.3 is 0 Å². The summed E-state index contributed by atoms with van der Waals surface area (Å²) in [4.78, 5) is 29.0. The highest BCUT2D eigenvalue weighted by atomic mass is 16.5. The Balaban J connectivity index is 1.29. The topological polar surface area (TPSA) is 61.9 Å². The van der Waals surface area contributed by atoms with Crippen LogP contribution in [-0.4, -0.2) is 73.1 Å². The molecule has 0 radical (unpaired) electrons. The van der Waals surface area contributed by atoms with Crippen LogP contribution < -0.4 is 5.32 Å². The minimum Gasteiger partial charge on any atom is -0.378 e. The van der Waals surface area contributed by atoms with Crippen LogP contribution in [-0.2, 0) is 9.53 Å². The quantitative estimate of drug-likeness (QED) is 0.876. The van der Waals surface area contributed by atoms with Crippen molar-refractivity contribution < 1.29 is 14.3 Å². The predicted octanol–water partition coefficient (Wildman–Crippen LogP) is 0.738. The largest absolute Gasteiger partial charge is 0.378 e. The van der Waals surface area contributed by atoms with Gasteiger partial charge in [0.05, 0.1) is 25.8 Å². The third-order valence-corrected chi connectivity index (χ3v) is 5.51. The van der Waals surface area contributed by atoms with Gasteiger partial charge in [-0.25, -0.2) is 0 Å². The number of rotatable bonds is 4. The van der Waals surface area contributed by atoms with Crippen LogP contribution >= 0.6 is 0 Å². The first kappa shape index (κ1) is 16.5. The summed E-state index contributed by atoms with van der Waals surface area (Å²) in [6.07, 6.45) is 2.62. The van der Waals surface area contributed by atoms with E-state index in [1.165, 1.54) is 12.8 Å². The fraction of sp³-hybridized carbons (Fsp3) is 0.579.